The van der Waals surface area contributed by atoms with Gasteiger partial charge in [0.2, 0.25) is 0 Å². The number of hydrazine groups is 1. The van der Waals surface area contributed by atoms with Crippen LogP contribution in [0.3, 0.4) is 0 Å². The molecule has 0 saturated carbocycles. The van der Waals surface area contributed by atoms with Gasteiger partial charge in [0.05, 0.1) is 30.8 Å². The number of carbonyl (C=O) groups is 2. The van der Waals surface area contributed by atoms with Crippen molar-refractivity contribution in [1.82, 2.24) is 30.6 Å². The number of H-pyrrole nitrogens is 1. The predicted molar refractivity (Wildman–Crippen MR) is 156 cm³/mol. The molecule has 5 rings (SSSR count). The molecule has 41 heavy (non-hydrogen) atoms. The van der Waals surface area contributed by atoms with Gasteiger partial charge in [0, 0.05) is 37.8 Å². The first-order chi connectivity index (χ1) is 20.0. The smallest absolute Gasteiger partial charge is 0.407 e. The number of alkyl carbamates (subject to hydrolysis) is 1. The maximum absolute atomic E-state index is 12.8. The molecule has 4 aromatic rings. The zero-order valence-electron chi connectivity index (χ0n) is 23.2. The summed E-state index contributed by atoms with van der Waals surface area (Å²) >= 11 is 0. The van der Waals surface area contributed by atoms with Crippen LogP contribution in [0.15, 0.2) is 78.9 Å². The van der Waals surface area contributed by atoms with Gasteiger partial charge in [-0.1, -0.05) is 54.6 Å². The Bertz CT molecular complexity index is 1390. The third kappa shape index (κ3) is 8.14. The summed E-state index contributed by atoms with van der Waals surface area (Å²) in [5.74, 6) is 0.704. The lowest BCUT2D eigenvalue weighted by molar-refractivity contribution is -0.102. The molecular formula is C31H36N6O4. The van der Waals surface area contributed by atoms with E-state index in [1.807, 2.05) is 85.8 Å². The molecule has 0 bridgehead atoms. The van der Waals surface area contributed by atoms with Gasteiger partial charge in [0.1, 0.15) is 12.4 Å². The van der Waals surface area contributed by atoms with Crippen LogP contribution in [0.2, 0.25) is 0 Å². The first-order valence-electron chi connectivity index (χ1n) is 13.9. The van der Waals surface area contributed by atoms with E-state index in [0.717, 1.165) is 41.1 Å². The molecule has 1 saturated heterocycles. The van der Waals surface area contributed by atoms with Gasteiger partial charge in [-0.25, -0.2) is 19.8 Å². The first-order valence-corrected chi connectivity index (χ1v) is 13.9. The monoisotopic (exact) mass is 556 g/mol. The molecule has 2 amide bonds. The SMILES string of the molecule is C[C@H](CNC(=O)c1ccc(CN(Cc2nc3ccccc3[nH]2)N2CCOCC2)cc1)NC(=O)OCc1ccccc1. The average Bonchev–Trinajstić information content (AvgIpc) is 3.42. The molecule has 1 aliphatic heterocycles. The Hall–Kier alpha value is -4.25. The molecule has 0 unspecified atom stereocenters. The van der Waals surface area contributed by atoms with Crippen LogP contribution in [-0.2, 0) is 29.2 Å². The predicted octanol–water partition coefficient (Wildman–Crippen LogP) is 3.86. The van der Waals surface area contributed by atoms with Crippen LogP contribution < -0.4 is 10.6 Å². The third-order valence-electron chi connectivity index (χ3n) is 6.89. The number of hydrogen-bond acceptors (Lipinski definition) is 7. The second kappa shape index (κ2) is 13.9. The average molecular weight is 557 g/mol. The van der Waals surface area contributed by atoms with Crippen LogP contribution in [-0.4, -0.2) is 70.9 Å². The molecule has 0 radical (unpaired) electrons. The van der Waals surface area contributed by atoms with E-state index >= 15 is 0 Å². The fourth-order valence-electron chi connectivity index (χ4n) is 4.68. The Morgan fingerprint density at radius 2 is 1.71 bits per heavy atom. The molecule has 214 valence electrons. The molecule has 0 spiro atoms. The number of aromatic nitrogens is 2. The minimum atomic E-state index is -0.521. The van der Waals surface area contributed by atoms with Crippen LogP contribution in [0.1, 0.15) is 34.2 Å². The molecule has 0 aliphatic carbocycles. The van der Waals surface area contributed by atoms with E-state index in [4.69, 9.17) is 14.5 Å². The van der Waals surface area contributed by atoms with Crippen molar-refractivity contribution in [3.8, 4) is 0 Å². The zero-order valence-corrected chi connectivity index (χ0v) is 23.2. The van der Waals surface area contributed by atoms with E-state index in [9.17, 15) is 9.59 Å². The number of nitrogens with one attached hydrogen (secondary N) is 3. The number of fused-ring (bicyclic) bond motifs is 1. The number of imidazole rings is 1. The molecular weight excluding hydrogens is 520 g/mol. The highest BCUT2D eigenvalue weighted by Crippen LogP contribution is 2.17. The fraction of sp³-hybridized carbons (Fsp3) is 0.323. The molecule has 2 heterocycles. The van der Waals surface area contributed by atoms with Crippen molar-refractivity contribution in [2.45, 2.75) is 32.7 Å². The Morgan fingerprint density at radius 1 is 0.976 bits per heavy atom. The summed E-state index contributed by atoms with van der Waals surface area (Å²) in [6, 6.07) is 24.8. The van der Waals surface area contributed by atoms with E-state index < -0.39 is 6.09 Å². The van der Waals surface area contributed by atoms with Gasteiger partial charge in [0.15, 0.2) is 0 Å². The quantitative estimate of drug-likeness (QED) is 0.257. The van der Waals surface area contributed by atoms with Crippen LogP contribution in [0.4, 0.5) is 4.79 Å². The number of ether oxygens (including phenoxy) is 2. The number of para-hydroxylation sites is 2. The van der Waals surface area contributed by atoms with Crippen molar-refractivity contribution in [3.05, 3.63) is 101 Å². The van der Waals surface area contributed by atoms with Crippen molar-refractivity contribution in [2.75, 3.05) is 32.8 Å². The molecule has 1 aromatic heterocycles. The van der Waals surface area contributed by atoms with Gasteiger partial charge in [-0.05, 0) is 42.3 Å². The van der Waals surface area contributed by atoms with Crippen molar-refractivity contribution in [3.63, 3.8) is 0 Å². The minimum Gasteiger partial charge on any atom is -0.445 e. The summed E-state index contributed by atoms with van der Waals surface area (Å²) in [6.45, 7) is 6.60. The summed E-state index contributed by atoms with van der Waals surface area (Å²) in [6.07, 6.45) is -0.521. The van der Waals surface area contributed by atoms with E-state index in [1.54, 1.807) is 0 Å². The Labute approximate surface area is 239 Å². The molecule has 3 aromatic carbocycles. The minimum absolute atomic E-state index is 0.194. The number of rotatable bonds is 11. The summed E-state index contributed by atoms with van der Waals surface area (Å²) in [5.41, 5.74) is 4.53. The number of carbonyl (C=O) groups excluding carboxylic acids is 2. The van der Waals surface area contributed by atoms with Crippen molar-refractivity contribution < 1.29 is 19.1 Å². The van der Waals surface area contributed by atoms with E-state index in [0.29, 0.717) is 31.9 Å². The van der Waals surface area contributed by atoms with Gasteiger partial charge >= 0.3 is 6.09 Å². The zero-order chi connectivity index (χ0) is 28.4. The van der Waals surface area contributed by atoms with Crippen LogP contribution in [0.5, 0.6) is 0 Å². The lowest BCUT2D eigenvalue weighted by Gasteiger charge is -2.37. The molecule has 10 heteroatoms. The molecule has 1 fully saturated rings. The number of benzene rings is 3. The lowest BCUT2D eigenvalue weighted by atomic mass is 10.1. The number of aromatic amines is 1. The van der Waals surface area contributed by atoms with E-state index in [-0.39, 0.29) is 25.1 Å². The van der Waals surface area contributed by atoms with Crippen molar-refractivity contribution in [1.29, 1.82) is 0 Å². The fourth-order valence-corrected chi connectivity index (χ4v) is 4.68. The van der Waals surface area contributed by atoms with Gasteiger partial charge in [-0.2, -0.15) is 0 Å². The largest absolute Gasteiger partial charge is 0.445 e. The van der Waals surface area contributed by atoms with Crippen molar-refractivity contribution >= 4 is 23.0 Å². The van der Waals surface area contributed by atoms with Gasteiger partial charge < -0.3 is 25.1 Å². The Balaban J connectivity index is 1.12. The molecule has 1 aliphatic rings. The van der Waals surface area contributed by atoms with Gasteiger partial charge in [-0.15, -0.1) is 0 Å². The second-order valence-electron chi connectivity index (χ2n) is 10.1. The molecule has 10 nitrogen and oxygen atoms in total. The first kappa shape index (κ1) is 28.3. The summed E-state index contributed by atoms with van der Waals surface area (Å²) in [7, 11) is 0. The Kier molecular flexibility index (Phi) is 9.58. The maximum atomic E-state index is 12.8. The summed E-state index contributed by atoms with van der Waals surface area (Å²) in [4.78, 5) is 33.0. The second-order valence-corrected chi connectivity index (χ2v) is 10.1. The number of amides is 2. The maximum Gasteiger partial charge on any atom is 0.407 e. The third-order valence-corrected chi connectivity index (χ3v) is 6.89. The molecule has 3 N–H and O–H groups in total. The lowest BCUT2D eigenvalue weighted by Crippen LogP contribution is -2.48. The number of nitrogens with zero attached hydrogens (tertiary/aromatic N) is 3. The van der Waals surface area contributed by atoms with E-state index in [1.165, 1.54) is 0 Å². The standard InChI is InChI=1S/C31H36N6O4/c1-23(33-31(39)41-22-25-7-3-2-4-8-25)19-32-30(38)26-13-11-24(12-14-26)20-37(36-15-17-40-18-16-36)21-29-34-27-9-5-6-10-28(27)35-29/h2-14,23H,15-22H2,1H3,(H,32,38)(H,33,39)(H,34,35)/t23-/m1/s1. The van der Waals surface area contributed by atoms with Gasteiger partial charge in [-0.3, -0.25) is 4.79 Å². The van der Waals surface area contributed by atoms with Crippen LogP contribution >= 0.6 is 0 Å². The number of hydrogen-bond donors (Lipinski definition) is 3. The summed E-state index contributed by atoms with van der Waals surface area (Å²) in [5, 5.41) is 10.2. The highest BCUT2D eigenvalue weighted by atomic mass is 16.5. The van der Waals surface area contributed by atoms with Crippen LogP contribution in [0.25, 0.3) is 11.0 Å². The normalized spacial score (nSPS) is 14.6. The Morgan fingerprint density at radius 3 is 2.46 bits per heavy atom. The van der Waals surface area contributed by atoms with Gasteiger partial charge in [0.25, 0.3) is 5.91 Å². The topological polar surface area (TPSA) is 112 Å². The van der Waals surface area contributed by atoms with Crippen LogP contribution in [0, 0.1) is 0 Å². The number of morpholine rings is 1. The van der Waals surface area contributed by atoms with E-state index in [2.05, 4.69) is 25.6 Å². The highest BCUT2D eigenvalue weighted by molar-refractivity contribution is 5.94. The highest BCUT2D eigenvalue weighted by Gasteiger charge is 2.21. The summed E-state index contributed by atoms with van der Waals surface area (Å²) < 4.78 is 10.8. The van der Waals surface area contributed by atoms with Crippen molar-refractivity contribution in [2.24, 2.45) is 0 Å². The molecule has 1 atom stereocenters.